The maximum Gasteiger partial charge on any atom is 0.360 e. The van der Waals surface area contributed by atoms with Gasteiger partial charge in [-0.25, -0.2) is 4.79 Å². The van der Waals surface area contributed by atoms with Gasteiger partial charge in [0, 0.05) is 39.6 Å². The lowest BCUT2D eigenvalue weighted by Gasteiger charge is -2.34. The highest BCUT2D eigenvalue weighted by Crippen LogP contribution is 2.46. The van der Waals surface area contributed by atoms with Gasteiger partial charge in [-0.15, -0.1) is 0 Å². The lowest BCUT2D eigenvalue weighted by Crippen LogP contribution is -2.30. The second-order valence-corrected chi connectivity index (χ2v) is 7.39. The molecule has 4 nitrogen and oxygen atoms in total. The molecule has 1 aromatic heterocycles. The molecule has 0 saturated carbocycles. The Kier molecular flexibility index (Phi) is 3.69. The van der Waals surface area contributed by atoms with Crippen molar-refractivity contribution < 1.29 is 9.21 Å². The van der Waals surface area contributed by atoms with Crippen LogP contribution in [-0.4, -0.2) is 5.78 Å². The van der Waals surface area contributed by atoms with E-state index in [2.05, 4.69) is 5.32 Å². The van der Waals surface area contributed by atoms with Crippen LogP contribution in [0.2, 0.25) is 5.02 Å². The fourth-order valence-electron chi connectivity index (χ4n) is 4.20. The fraction of sp³-hybridized carbons (Fsp3) is 0.182. The third-order valence-electron chi connectivity index (χ3n) is 5.37. The Morgan fingerprint density at radius 2 is 1.78 bits per heavy atom. The Balaban J connectivity index is 1.88. The SMILES string of the molecule is O=C1CCCC2=C1C(c1ccc(Cl)cc1)c1c(c(=O)oc3ccccc13)N2. The van der Waals surface area contributed by atoms with E-state index in [-0.39, 0.29) is 11.7 Å². The van der Waals surface area contributed by atoms with Gasteiger partial charge >= 0.3 is 5.63 Å². The van der Waals surface area contributed by atoms with Crippen LogP contribution in [-0.2, 0) is 4.79 Å². The van der Waals surface area contributed by atoms with Crippen LogP contribution in [0.3, 0.4) is 0 Å². The third kappa shape index (κ3) is 2.52. The molecule has 0 fully saturated rings. The van der Waals surface area contributed by atoms with Crippen molar-refractivity contribution in [3.63, 3.8) is 0 Å². The zero-order chi connectivity index (χ0) is 18.5. The molecule has 1 atom stereocenters. The largest absolute Gasteiger partial charge is 0.421 e. The summed E-state index contributed by atoms with van der Waals surface area (Å²) in [5, 5.41) is 4.70. The van der Waals surface area contributed by atoms with Crippen molar-refractivity contribution in [1.29, 1.82) is 0 Å². The minimum absolute atomic E-state index is 0.131. The van der Waals surface area contributed by atoms with Crippen molar-refractivity contribution in [3.8, 4) is 0 Å². The van der Waals surface area contributed by atoms with Crippen LogP contribution >= 0.6 is 11.6 Å². The molecular formula is C22H16ClNO3. The molecule has 2 aliphatic rings. The number of ketones is 1. The standard InChI is InChI=1S/C22H16ClNO3/c23-13-10-8-12(9-11-13)18-19-14-4-1-2-7-17(14)27-22(26)21(19)24-15-5-3-6-16(25)20(15)18/h1-2,4,7-11,18,24H,3,5-6H2. The molecule has 134 valence electrons. The van der Waals surface area contributed by atoms with Crippen molar-refractivity contribution in [3.05, 3.63) is 86.4 Å². The molecule has 2 aromatic carbocycles. The van der Waals surface area contributed by atoms with Gasteiger partial charge in [0.1, 0.15) is 11.3 Å². The van der Waals surface area contributed by atoms with E-state index in [4.69, 9.17) is 16.0 Å². The van der Waals surface area contributed by atoms with Crippen molar-refractivity contribution >= 4 is 34.0 Å². The normalized spacial score (nSPS) is 18.9. The van der Waals surface area contributed by atoms with Crippen LogP contribution in [0, 0.1) is 0 Å². The molecule has 0 radical (unpaired) electrons. The van der Waals surface area contributed by atoms with E-state index < -0.39 is 5.63 Å². The maximum atomic E-state index is 12.9. The Morgan fingerprint density at radius 3 is 2.59 bits per heavy atom. The molecule has 3 aromatic rings. The Bertz CT molecular complexity index is 1170. The van der Waals surface area contributed by atoms with Gasteiger partial charge in [-0.05, 0) is 36.6 Å². The number of benzene rings is 2. The van der Waals surface area contributed by atoms with E-state index in [1.54, 1.807) is 6.07 Å². The Labute approximate surface area is 160 Å². The molecule has 0 amide bonds. The first-order chi connectivity index (χ1) is 13.1. The molecule has 0 saturated heterocycles. The fourth-order valence-corrected chi connectivity index (χ4v) is 4.33. The zero-order valence-electron chi connectivity index (χ0n) is 14.4. The number of anilines is 1. The molecular weight excluding hydrogens is 362 g/mol. The summed E-state index contributed by atoms with van der Waals surface area (Å²) in [6.45, 7) is 0. The van der Waals surface area contributed by atoms with E-state index >= 15 is 0 Å². The number of rotatable bonds is 1. The number of nitrogens with one attached hydrogen (secondary N) is 1. The smallest absolute Gasteiger partial charge is 0.360 e. The van der Waals surface area contributed by atoms with Gasteiger partial charge in [0.15, 0.2) is 5.78 Å². The van der Waals surface area contributed by atoms with Gasteiger partial charge < -0.3 is 9.73 Å². The van der Waals surface area contributed by atoms with Crippen molar-refractivity contribution in [2.75, 3.05) is 5.32 Å². The topological polar surface area (TPSA) is 59.3 Å². The molecule has 2 heterocycles. The average Bonchev–Trinajstić information content (AvgIpc) is 2.68. The van der Waals surface area contributed by atoms with Crippen LogP contribution in [0.1, 0.15) is 36.3 Å². The van der Waals surface area contributed by atoms with Crippen LogP contribution in [0.15, 0.2) is 69.0 Å². The van der Waals surface area contributed by atoms with Crippen molar-refractivity contribution in [2.45, 2.75) is 25.2 Å². The van der Waals surface area contributed by atoms with E-state index in [0.717, 1.165) is 40.6 Å². The molecule has 1 N–H and O–H groups in total. The predicted octanol–water partition coefficient (Wildman–Crippen LogP) is 5.01. The van der Waals surface area contributed by atoms with Crippen LogP contribution in [0.5, 0.6) is 0 Å². The molecule has 1 aliphatic heterocycles. The van der Waals surface area contributed by atoms with Gasteiger partial charge in [-0.2, -0.15) is 0 Å². The molecule has 1 aliphatic carbocycles. The van der Waals surface area contributed by atoms with Gasteiger partial charge in [0.2, 0.25) is 0 Å². The lowest BCUT2D eigenvalue weighted by molar-refractivity contribution is -0.116. The second kappa shape index (κ2) is 6.10. The van der Waals surface area contributed by atoms with E-state index in [1.165, 1.54) is 0 Å². The molecule has 27 heavy (non-hydrogen) atoms. The summed E-state index contributed by atoms with van der Waals surface area (Å²) in [7, 11) is 0. The number of carbonyl (C=O) groups is 1. The van der Waals surface area contributed by atoms with Gasteiger partial charge in [-0.3, -0.25) is 4.79 Å². The van der Waals surface area contributed by atoms with E-state index in [0.29, 0.717) is 22.7 Å². The summed E-state index contributed by atoms with van der Waals surface area (Å²) in [5.74, 6) is -0.179. The number of fused-ring (bicyclic) bond motifs is 3. The molecule has 1 unspecified atom stereocenters. The van der Waals surface area contributed by atoms with Gasteiger partial charge in [0.05, 0.1) is 0 Å². The van der Waals surface area contributed by atoms with Crippen molar-refractivity contribution in [2.24, 2.45) is 0 Å². The highest BCUT2D eigenvalue weighted by Gasteiger charge is 2.37. The highest BCUT2D eigenvalue weighted by molar-refractivity contribution is 6.30. The summed E-state index contributed by atoms with van der Waals surface area (Å²) in [5.41, 5.74) is 3.88. The summed E-state index contributed by atoms with van der Waals surface area (Å²) in [6, 6.07) is 15.0. The second-order valence-electron chi connectivity index (χ2n) is 6.95. The van der Waals surface area contributed by atoms with E-state index in [1.807, 2.05) is 42.5 Å². The first kappa shape index (κ1) is 16.3. The number of para-hydroxylation sites is 1. The van der Waals surface area contributed by atoms with Crippen LogP contribution in [0.25, 0.3) is 11.0 Å². The first-order valence-corrected chi connectivity index (χ1v) is 9.36. The van der Waals surface area contributed by atoms with Crippen LogP contribution < -0.4 is 10.9 Å². The maximum absolute atomic E-state index is 12.9. The lowest BCUT2D eigenvalue weighted by atomic mass is 9.75. The Hall–Kier alpha value is -2.85. The van der Waals surface area contributed by atoms with Gasteiger partial charge in [-0.1, -0.05) is 41.9 Å². The minimum Gasteiger partial charge on any atom is -0.421 e. The third-order valence-corrected chi connectivity index (χ3v) is 5.62. The summed E-state index contributed by atoms with van der Waals surface area (Å²) in [4.78, 5) is 25.6. The first-order valence-electron chi connectivity index (χ1n) is 8.98. The predicted molar refractivity (Wildman–Crippen MR) is 105 cm³/mol. The van der Waals surface area contributed by atoms with Crippen molar-refractivity contribution in [1.82, 2.24) is 0 Å². The number of hydrogen-bond donors (Lipinski definition) is 1. The molecule has 5 rings (SSSR count). The highest BCUT2D eigenvalue weighted by atomic mass is 35.5. The monoisotopic (exact) mass is 377 g/mol. The molecule has 0 bridgehead atoms. The average molecular weight is 378 g/mol. The quantitative estimate of drug-likeness (QED) is 0.605. The summed E-state index contributed by atoms with van der Waals surface area (Å²) < 4.78 is 5.52. The molecule has 5 heteroatoms. The number of halogens is 1. The van der Waals surface area contributed by atoms with Crippen LogP contribution in [0.4, 0.5) is 5.69 Å². The summed E-state index contributed by atoms with van der Waals surface area (Å²) >= 11 is 6.08. The number of hydrogen-bond acceptors (Lipinski definition) is 4. The number of Topliss-reactive ketones (excluding diaryl/α,β-unsaturated/α-hetero) is 1. The summed E-state index contributed by atoms with van der Waals surface area (Å²) in [6.07, 6.45) is 2.06. The zero-order valence-corrected chi connectivity index (χ0v) is 15.2. The van der Waals surface area contributed by atoms with E-state index in [9.17, 15) is 9.59 Å². The Morgan fingerprint density at radius 1 is 1.00 bits per heavy atom. The molecule has 0 spiro atoms. The number of allylic oxidation sites excluding steroid dienone is 2. The number of carbonyl (C=O) groups excluding carboxylic acids is 1. The van der Waals surface area contributed by atoms with Gasteiger partial charge in [0.25, 0.3) is 0 Å². The minimum atomic E-state index is -0.410.